The van der Waals surface area contributed by atoms with Crippen LogP contribution < -0.4 is 0 Å². The van der Waals surface area contributed by atoms with Crippen molar-refractivity contribution in [2.75, 3.05) is 0 Å². The number of aromatic nitrogens is 1. The molecular formula is C7H2F3IN2. The lowest BCUT2D eigenvalue weighted by atomic mass is 10.2. The highest BCUT2D eigenvalue weighted by atomic mass is 127. The van der Waals surface area contributed by atoms with Gasteiger partial charge >= 0.3 is 0 Å². The van der Waals surface area contributed by atoms with E-state index >= 15 is 0 Å². The van der Waals surface area contributed by atoms with Crippen molar-refractivity contribution in [3.05, 3.63) is 26.8 Å². The lowest BCUT2D eigenvalue weighted by molar-refractivity contribution is 0.146. The molecule has 1 aromatic rings. The lowest BCUT2D eigenvalue weighted by Crippen LogP contribution is -1.99. The Morgan fingerprint density at radius 3 is 2.62 bits per heavy atom. The second-order valence-corrected chi connectivity index (χ2v) is 3.14. The summed E-state index contributed by atoms with van der Waals surface area (Å²) in [6.45, 7) is 0. The Hall–Kier alpha value is -0.840. The van der Waals surface area contributed by atoms with Crippen LogP contribution in [0.4, 0.5) is 13.2 Å². The maximum Gasteiger partial charge on any atom is 0.266 e. The van der Waals surface area contributed by atoms with E-state index in [1.54, 1.807) is 6.07 Å². The smallest absolute Gasteiger partial charge is 0.228 e. The third-order valence-electron chi connectivity index (χ3n) is 1.30. The summed E-state index contributed by atoms with van der Waals surface area (Å²) in [4.78, 5) is 3.45. The molecule has 0 bridgehead atoms. The summed E-state index contributed by atoms with van der Waals surface area (Å²) in [5.74, 6) is -1.06. The minimum atomic E-state index is -2.93. The summed E-state index contributed by atoms with van der Waals surface area (Å²) in [6.07, 6.45) is -2.93. The highest BCUT2D eigenvalue weighted by molar-refractivity contribution is 14.1. The Labute approximate surface area is 85.5 Å². The maximum atomic E-state index is 12.9. The second kappa shape index (κ2) is 3.91. The molecular weight excluding hydrogens is 296 g/mol. The van der Waals surface area contributed by atoms with Crippen LogP contribution in [0.3, 0.4) is 0 Å². The van der Waals surface area contributed by atoms with E-state index in [0.717, 1.165) is 6.07 Å². The zero-order valence-corrected chi connectivity index (χ0v) is 8.22. The monoisotopic (exact) mass is 298 g/mol. The molecule has 13 heavy (non-hydrogen) atoms. The summed E-state index contributed by atoms with van der Waals surface area (Å²) in [6, 6.07) is 2.33. The van der Waals surface area contributed by atoms with E-state index < -0.39 is 17.8 Å². The molecule has 0 amide bonds. The minimum Gasteiger partial charge on any atom is -0.228 e. The van der Waals surface area contributed by atoms with Gasteiger partial charge in [-0.25, -0.2) is 18.2 Å². The SMILES string of the molecule is N#Cc1cc(C(F)F)c(F)c(I)n1. The number of halogens is 4. The molecule has 0 radical (unpaired) electrons. The first-order valence-electron chi connectivity index (χ1n) is 3.10. The van der Waals surface area contributed by atoms with E-state index in [2.05, 4.69) is 4.98 Å². The third-order valence-corrected chi connectivity index (χ3v) is 2.01. The molecule has 68 valence electrons. The number of pyridine rings is 1. The van der Waals surface area contributed by atoms with Gasteiger partial charge in [0, 0.05) is 0 Å². The lowest BCUT2D eigenvalue weighted by Gasteiger charge is -2.02. The van der Waals surface area contributed by atoms with Gasteiger partial charge in [-0.3, -0.25) is 0 Å². The van der Waals surface area contributed by atoms with Crippen molar-refractivity contribution in [2.45, 2.75) is 6.43 Å². The van der Waals surface area contributed by atoms with Gasteiger partial charge in [0.05, 0.1) is 5.56 Å². The van der Waals surface area contributed by atoms with Gasteiger partial charge < -0.3 is 0 Å². The Morgan fingerprint density at radius 1 is 1.54 bits per heavy atom. The molecule has 0 aliphatic heterocycles. The highest BCUT2D eigenvalue weighted by Gasteiger charge is 2.17. The van der Waals surface area contributed by atoms with Crippen LogP contribution in [-0.4, -0.2) is 4.98 Å². The minimum absolute atomic E-state index is 0.207. The molecule has 0 aromatic carbocycles. The van der Waals surface area contributed by atoms with Crippen LogP contribution in [-0.2, 0) is 0 Å². The van der Waals surface area contributed by atoms with E-state index in [1.165, 1.54) is 22.6 Å². The van der Waals surface area contributed by atoms with Gasteiger partial charge in [-0.2, -0.15) is 5.26 Å². The first kappa shape index (κ1) is 10.2. The Kier molecular flexibility index (Phi) is 3.08. The standard InChI is InChI=1S/C7H2F3IN2/c8-5-4(6(9)10)1-3(2-12)13-7(5)11/h1,6H. The number of nitriles is 1. The molecule has 0 spiro atoms. The van der Waals surface area contributed by atoms with Gasteiger partial charge in [-0.05, 0) is 28.7 Å². The van der Waals surface area contributed by atoms with Gasteiger partial charge in [-0.15, -0.1) is 0 Å². The van der Waals surface area contributed by atoms with Crippen molar-refractivity contribution >= 4 is 22.6 Å². The molecule has 0 atom stereocenters. The number of rotatable bonds is 1. The third kappa shape index (κ3) is 2.09. The van der Waals surface area contributed by atoms with Crippen LogP contribution in [0.2, 0.25) is 0 Å². The van der Waals surface area contributed by atoms with Crippen LogP contribution >= 0.6 is 22.6 Å². The molecule has 0 aliphatic carbocycles. The topological polar surface area (TPSA) is 36.7 Å². The molecule has 1 rings (SSSR count). The predicted octanol–water partition coefficient (Wildman–Crippen LogP) is 2.63. The van der Waals surface area contributed by atoms with Crippen molar-refractivity contribution < 1.29 is 13.2 Å². The summed E-state index contributed by atoms with van der Waals surface area (Å²) in [5.41, 5.74) is -0.989. The van der Waals surface area contributed by atoms with E-state index in [0.29, 0.717) is 0 Å². The van der Waals surface area contributed by atoms with Crippen LogP contribution in [0.25, 0.3) is 0 Å². The average Bonchev–Trinajstić information content (AvgIpc) is 2.09. The van der Waals surface area contributed by atoms with Crippen molar-refractivity contribution in [1.29, 1.82) is 5.26 Å². The molecule has 2 nitrogen and oxygen atoms in total. The van der Waals surface area contributed by atoms with E-state index in [-0.39, 0.29) is 9.39 Å². The fraction of sp³-hybridized carbons (Fsp3) is 0.143. The molecule has 0 N–H and O–H groups in total. The van der Waals surface area contributed by atoms with E-state index in [9.17, 15) is 13.2 Å². The second-order valence-electron chi connectivity index (χ2n) is 2.11. The fourth-order valence-electron chi connectivity index (χ4n) is 0.733. The van der Waals surface area contributed by atoms with Crippen LogP contribution in [0.5, 0.6) is 0 Å². The molecule has 0 saturated heterocycles. The van der Waals surface area contributed by atoms with Crippen molar-refractivity contribution in [3.63, 3.8) is 0 Å². The van der Waals surface area contributed by atoms with Crippen molar-refractivity contribution in [2.24, 2.45) is 0 Å². The largest absolute Gasteiger partial charge is 0.266 e. The van der Waals surface area contributed by atoms with Crippen molar-refractivity contribution in [3.8, 4) is 6.07 Å². The number of hydrogen-bond donors (Lipinski definition) is 0. The zero-order chi connectivity index (χ0) is 10.0. The van der Waals surface area contributed by atoms with Crippen LogP contribution in [0.1, 0.15) is 17.7 Å². The van der Waals surface area contributed by atoms with Crippen molar-refractivity contribution in [1.82, 2.24) is 4.98 Å². The zero-order valence-electron chi connectivity index (χ0n) is 6.06. The molecule has 1 aromatic heterocycles. The first-order valence-corrected chi connectivity index (χ1v) is 4.18. The highest BCUT2D eigenvalue weighted by Crippen LogP contribution is 2.24. The Bertz CT molecular complexity index is 373. The molecule has 0 fully saturated rings. The van der Waals surface area contributed by atoms with Crippen LogP contribution in [0.15, 0.2) is 6.07 Å². The predicted molar refractivity (Wildman–Crippen MR) is 46.6 cm³/mol. The fourth-order valence-corrected chi connectivity index (χ4v) is 1.30. The van der Waals surface area contributed by atoms with Gasteiger partial charge in [-0.1, -0.05) is 0 Å². The molecule has 0 saturated carbocycles. The normalized spacial score (nSPS) is 10.2. The number of alkyl halides is 2. The number of hydrogen-bond acceptors (Lipinski definition) is 2. The first-order chi connectivity index (χ1) is 6.06. The average molecular weight is 298 g/mol. The van der Waals surface area contributed by atoms with Crippen LogP contribution in [0, 0.1) is 20.8 Å². The number of nitrogens with zero attached hydrogens (tertiary/aromatic N) is 2. The molecule has 6 heteroatoms. The van der Waals surface area contributed by atoms with E-state index in [4.69, 9.17) is 5.26 Å². The Morgan fingerprint density at radius 2 is 2.15 bits per heavy atom. The van der Waals surface area contributed by atoms with Gasteiger partial charge in [0.25, 0.3) is 6.43 Å². The summed E-state index contributed by atoms with van der Waals surface area (Å²) >= 11 is 1.46. The van der Waals surface area contributed by atoms with E-state index in [1.807, 2.05) is 0 Å². The van der Waals surface area contributed by atoms with Gasteiger partial charge in [0.1, 0.15) is 15.5 Å². The quantitative estimate of drug-likeness (QED) is 0.590. The summed E-state index contributed by atoms with van der Waals surface area (Å²) in [7, 11) is 0. The maximum absolute atomic E-state index is 12.9. The molecule has 1 heterocycles. The van der Waals surface area contributed by atoms with Gasteiger partial charge in [0.15, 0.2) is 5.82 Å². The molecule has 0 aliphatic rings. The molecule has 0 unspecified atom stereocenters. The Balaban J connectivity index is 3.35. The van der Waals surface area contributed by atoms with Gasteiger partial charge in [0.2, 0.25) is 0 Å². The summed E-state index contributed by atoms with van der Waals surface area (Å²) < 4.78 is 37.0. The summed E-state index contributed by atoms with van der Waals surface area (Å²) in [5, 5.41) is 8.38.